The van der Waals surface area contributed by atoms with Crippen molar-refractivity contribution in [1.29, 1.82) is 5.26 Å². The van der Waals surface area contributed by atoms with E-state index in [2.05, 4.69) is 20.7 Å². The van der Waals surface area contributed by atoms with E-state index in [0.29, 0.717) is 5.56 Å². The molecule has 0 atom stereocenters. The fourth-order valence-electron chi connectivity index (χ4n) is 1.04. The highest BCUT2D eigenvalue weighted by atomic mass is 79.9. The summed E-state index contributed by atoms with van der Waals surface area (Å²) in [6.45, 7) is 0. The van der Waals surface area contributed by atoms with Gasteiger partial charge >= 0.3 is 5.97 Å². The van der Waals surface area contributed by atoms with Gasteiger partial charge in [-0.3, -0.25) is 0 Å². The van der Waals surface area contributed by atoms with Gasteiger partial charge in [0.15, 0.2) is 0 Å². The predicted octanol–water partition coefficient (Wildman–Crippen LogP) is 2.30. The van der Waals surface area contributed by atoms with E-state index in [0.717, 1.165) is 10.0 Å². The van der Waals surface area contributed by atoms with Crippen LogP contribution in [0.25, 0.3) is 0 Å². The van der Waals surface area contributed by atoms with Gasteiger partial charge in [-0.25, -0.2) is 4.79 Å². The van der Waals surface area contributed by atoms with Crippen molar-refractivity contribution in [3.8, 4) is 6.07 Å². The lowest BCUT2D eigenvalue weighted by Gasteiger charge is -2.03. The number of ether oxygens (including phenoxy) is 1. The maximum absolute atomic E-state index is 11.2. The van der Waals surface area contributed by atoms with Gasteiger partial charge in [0.2, 0.25) is 0 Å². The third-order valence-corrected chi connectivity index (χ3v) is 2.51. The van der Waals surface area contributed by atoms with Crippen LogP contribution in [0.2, 0.25) is 0 Å². The SMILES string of the molecule is COC(=O)c1ccc(Br)c(CC#N)c1. The molecular weight excluding hydrogens is 246 g/mol. The molecule has 1 aromatic rings. The second-order valence-electron chi connectivity index (χ2n) is 2.63. The second kappa shape index (κ2) is 4.77. The number of hydrogen-bond donors (Lipinski definition) is 0. The van der Waals surface area contributed by atoms with Gasteiger partial charge in [0.25, 0.3) is 0 Å². The summed E-state index contributed by atoms with van der Waals surface area (Å²) in [5, 5.41) is 8.54. The van der Waals surface area contributed by atoms with Gasteiger partial charge in [-0.1, -0.05) is 15.9 Å². The summed E-state index contributed by atoms with van der Waals surface area (Å²) in [6, 6.07) is 7.06. The molecule has 0 heterocycles. The molecule has 0 radical (unpaired) electrons. The first-order valence-electron chi connectivity index (χ1n) is 3.92. The van der Waals surface area contributed by atoms with Crippen molar-refractivity contribution < 1.29 is 9.53 Å². The number of nitrogens with zero attached hydrogens (tertiary/aromatic N) is 1. The predicted molar refractivity (Wildman–Crippen MR) is 54.8 cm³/mol. The molecule has 4 heteroatoms. The molecule has 3 nitrogen and oxygen atoms in total. The normalized spacial score (nSPS) is 9.21. The van der Waals surface area contributed by atoms with Crippen LogP contribution in [0.5, 0.6) is 0 Å². The third kappa shape index (κ3) is 2.33. The summed E-state index contributed by atoms with van der Waals surface area (Å²) < 4.78 is 5.40. The van der Waals surface area contributed by atoms with Crippen molar-refractivity contribution in [2.75, 3.05) is 7.11 Å². The minimum absolute atomic E-state index is 0.269. The molecule has 0 saturated heterocycles. The van der Waals surface area contributed by atoms with Crippen molar-refractivity contribution in [3.05, 3.63) is 33.8 Å². The van der Waals surface area contributed by atoms with Crippen molar-refractivity contribution in [2.24, 2.45) is 0 Å². The van der Waals surface area contributed by atoms with Crippen LogP contribution in [0.15, 0.2) is 22.7 Å². The van der Waals surface area contributed by atoms with Gasteiger partial charge in [-0.2, -0.15) is 5.26 Å². The topological polar surface area (TPSA) is 50.1 Å². The number of rotatable bonds is 2. The highest BCUT2D eigenvalue weighted by molar-refractivity contribution is 9.10. The Labute approximate surface area is 90.4 Å². The molecule has 0 aliphatic carbocycles. The highest BCUT2D eigenvalue weighted by Crippen LogP contribution is 2.19. The zero-order chi connectivity index (χ0) is 10.6. The Morgan fingerprint density at radius 2 is 2.36 bits per heavy atom. The van der Waals surface area contributed by atoms with Crippen LogP contribution in [-0.2, 0) is 11.2 Å². The first-order valence-corrected chi connectivity index (χ1v) is 4.72. The summed E-state index contributed by atoms with van der Waals surface area (Å²) in [6.07, 6.45) is 0.269. The number of halogens is 1. The maximum atomic E-state index is 11.2. The number of methoxy groups -OCH3 is 1. The van der Waals surface area contributed by atoms with Crippen molar-refractivity contribution in [3.63, 3.8) is 0 Å². The van der Waals surface area contributed by atoms with E-state index < -0.39 is 5.97 Å². The Balaban J connectivity index is 3.07. The number of carbonyl (C=O) groups is 1. The number of carbonyl (C=O) groups excluding carboxylic acids is 1. The molecule has 0 aromatic heterocycles. The van der Waals surface area contributed by atoms with Crippen molar-refractivity contribution in [1.82, 2.24) is 0 Å². The van der Waals surface area contributed by atoms with Crippen LogP contribution in [0.1, 0.15) is 15.9 Å². The van der Waals surface area contributed by atoms with E-state index in [9.17, 15) is 4.79 Å². The molecule has 0 spiro atoms. The van der Waals surface area contributed by atoms with Crippen molar-refractivity contribution >= 4 is 21.9 Å². The Kier molecular flexibility index (Phi) is 3.66. The molecule has 72 valence electrons. The van der Waals surface area contributed by atoms with Gasteiger partial charge in [0.1, 0.15) is 0 Å². The second-order valence-corrected chi connectivity index (χ2v) is 3.49. The fraction of sp³-hybridized carbons (Fsp3) is 0.200. The number of nitriles is 1. The van der Waals surface area contributed by atoms with Crippen LogP contribution in [-0.4, -0.2) is 13.1 Å². The van der Waals surface area contributed by atoms with E-state index in [4.69, 9.17) is 5.26 Å². The molecule has 0 N–H and O–H groups in total. The summed E-state index contributed by atoms with van der Waals surface area (Å²) >= 11 is 3.30. The quantitative estimate of drug-likeness (QED) is 0.761. The van der Waals surface area contributed by atoms with E-state index in [1.807, 2.05) is 6.07 Å². The average molecular weight is 254 g/mol. The first kappa shape index (κ1) is 10.7. The summed E-state index contributed by atoms with van der Waals surface area (Å²) in [5.41, 5.74) is 1.25. The monoisotopic (exact) mass is 253 g/mol. The van der Waals surface area contributed by atoms with Gasteiger partial charge in [0, 0.05) is 4.47 Å². The molecule has 14 heavy (non-hydrogen) atoms. The Morgan fingerprint density at radius 1 is 1.64 bits per heavy atom. The minimum Gasteiger partial charge on any atom is -0.465 e. The number of benzene rings is 1. The number of esters is 1. The lowest BCUT2D eigenvalue weighted by molar-refractivity contribution is 0.0600. The average Bonchev–Trinajstić information content (AvgIpc) is 2.20. The number of hydrogen-bond acceptors (Lipinski definition) is 3. The minimum atomic E-state index is -0.392. The molecule has 0 saturated carbocycles. The largest absolute Gasteiger partial charge is 0.465 e. The smallest absolute Gasteiger partial charge is 0.337 e. The lowest BCUT2D eigenvalue weighted by Crippen LogP contribution is -2.01. The van der Waals surface area contributed by atoms with Gasteiger partial charge in [0.05, 0.1) is 25.2 Å². The van der Waals surface area contributed by atoms with Crippen LogP contribution in [0.3, 0.4) is 0 Å². The molecule has 0 aliphatic rings. The molecule has 1 rings (SSSR count). The molecule has 0 amide bonds. The molecule has 0 aliphatic heterocycles. The molecule has 1 aromatic carbocycles. The summed E-state index contributed by atoms with van der Waals surface area (Å²) in [5.74, 6) is -0.392. The van der Waals surface area contributed by atoms with Crippen LogP contribution in [0, 0.1) is 11.3 Å². The summed E-state index contributed by atoms with van der Waals surface area (Å²) in [4.78, 5) is 11.2. The van der Waals surface area contributed by atoms with Crippen LogP contribution >= 0.6 is 15.9 Å². The van der Waals surface area contributed by atoms with Gasteiger partial charge in [-0.15, -0.1) is 0 Å². The zero-order valence-corrected chi connectivity index (χ0v) is 9.17. The highest BCUT2D eigenvalue weighted by Gasteiger charge is 2.07. The van der Waals surface area contributed by atoms with E-state index in [1.165, 1.54) is 7.11 Å². The van der Waals surface area contributed by atoms with E-state index in [-0.39, 0.29) is 6.42 Å². The van der Waals surface area contributed by atoms with Crippen LogP contribution in [0.4, 0.5) is 0 Å². The van der Waals surface area contributed by atoms with Gasteiger partial charge < -0.3 is 4.74 Å². The third-order valence-electron chi connectivity index (χ3n) is 1.74. The van der Waals surface area contributed by atoms with E-state index in [1.54, 1.807) is 18.2 Å². The zero-order valence-electron chi connectivity index (χ0n) is 7.58. The molecule has 0 fully saturated rings. The van der Waals surface area contributed by atoms with E-state index >= 15 is 0 Å². The maximum Gasteiger partial charge on any atom is 0.337 e. The molecule has 0 unspecified atom stereocenters. The van der Waals surface area contributed by atoms with Gasteiger partial charge in [-0.05, 0) is 23.8 Å². The molecular formula is C10H8BrNO2. The summed E-state index contributed by atoms with van der Waals surface area (Å²) in [7, 11) is 1.33. The Hall–Kier alpha value is -1.34. The van der Waals surface area contributed by atoms with Crippen LogP contribution < -0.4 is 0 Å². The Bertz CT molecular complexity index is 396. The Morgan fingerprint density at radius 3 is 2.93 bits per heavy atom. The molecule has 0 bridgehead atoms. The van der Waals surface area contributed by atoms with Crippen molar-refractivity contribution in [2.45, 2.75) is 6.42 Å². The first-order chi connectivity index (χ1) is 6.69. The fourth-order valence-corrected chi connectivity index (χ4v) is 1.43. The standard InChI is InChI=1S/C10H8BrNO2/c1-14-10(13)8-2-3-9(11)7(6-8)4-5-12/h2-3,6H,4H2,1H3. The lowest BCUT2D eigenvalue weighted by atomic mass is 10.1.